The molecule has 62 valence electrons. The molecule has 0 saturated carbocycles. The summed E-state index contributed by atoms with van der Waals surface area (Å²) in [5, 5.41) is 0. The maximum Gasteiger partial charge on any atom is 0.356 e. The van der Waals surface area contributed by atoms with E-state index in [-0.39, 0.29) is 5.57 Å². The molecule has 0 unspecified atom stereocenters. The molecule has 1 rings (SSSR count). The van der Waals surface area contributed by atoms with Crippen molar-refractivity contribution in [3.63, 3.8) is 0 Å². The highest BCUT2D eigenvalue weighted by atomic mass is 35.5. The highest BCUT2D eigenvalue weighted by molar-refractivity contribution is 6.24. The van der Waals surface area contributed by atoms with Crippen LogP contribution in [0, 0.1) is 0 Å². The number of rotatable bonds is 2. The molecular weight excluding hydrogens is 180 g/mol. The van der Waals surface area contributed by atoms with Gasteiger partial charge in [-0.1, -0.05) is 6.58 Å². The topological polar surface area (TPSA) is 52.1 Å². The van der Waals surface area contributed by atoms with Gasteiger partial charge in [-0.3, -0.25) is 0 Å². The Morgan fingerprint density at radius 2 is 2.08 bits per heavy atom. The average Bonchev–Trinajstić information content (AvgIpc) is 2.17. The Bertz CT molecular complexity index is 300. The van der Waals surface area contributed by atoms with Crippen molar-refractivity contribution in [2.45, 2.75) is 0 Å². The van der Waals surface area contributed by atoms with E-state index in [0.717, 1.165) is 0 Å². The van der Waals surface area contributed by atoms with Gasteiger partial charge in [0.05, 0.1) is 5.57 Å². The summed E-state index contributed by atoms with van der Waals surface area (Å²) < 4.78 is 3.94. The highest BCUT2D eigenvalue weighted by Crippen LogP contribution is 2.11. The average molecular weight is 185 g/mol. The van der Waals surface area contributed by atoms with Crippen LogP contribution in [0.5, 0.6) is 0 Å². The monoisotopic (exact) mass is 184 g/mol. The van der Waals surface area contributed by atoms with Crippen LogP contribution in [0.2, 0.25) is 0 Å². The van der Waals surface area contributed by atoms with Crippen LogP contribution in [0.15, 0.2) is 25.3 Å². The first kappa shape index (κ1) is 8.67. The number of carbonyl (C=O) groups is 1. The Balaban J connectivity index is 2.86. The molecular formula is C7H5ClN2O2. The van der Waals surface area contributed by atoms with E-state index in [0.29, 0.717) is 5.56 Å². The molecule has 0 bridgehead atoms. The number of nitrogens with zero attached hydrogens (tertiary/aromatic N) is 2. The summed E-state index contributed by atoms with van der Waals surface area (Å²) in [6, 6.07) is 0. The second kappa shape index (κ2) is 3.82. The fraction of sp³-hybridized carbons (Fsp3) is 0. The van der Waals surface area contributed by atoms with Gasteiger partial charge in [0.25, 0.3) is 0 Å². The van der Waals surface area contributed by atoms with Gasteiger partial charge in [-0.05, 0) is 0 Å². The van der Waals surface area contributed by atoms with Gasteiger partial charge in [-0.15, -0.1) is 0 Å². The maximum atomic E-state index is 10.8. The van der Waals surface area contributed by atoms with E-state index in [1.54, 1.807) is 0 Å². The lowest BCUT2D eigenvalue weighted by Crippen LogP contribution is -2.00. The number of aromatic nitrogens is 2. The van der Waals surface area contributed by atoms with Crippen LogP contribution in [-0.4, -0.2) is 15.9 Å². The van der Waals surface area contributed by atoms with Crippen molar-refractivity contribution in [3.8, 4) is 0 Å². The predicted octanol–water partition coefficient (Wildman–Crippen LogP) is 1.19. The molecule has 0 aromatic carbocycles. The van der Waals surface area contributed by atoms with Gasteiger partial charge >= 0.3 is 5.97 Å². The molecule has 0 aliphatic carbocycles. The van der Waals surface area contributed by atoms with Gasteiger partial charge in [0.15, 0.2) is 0 Å². The maximum absolute atomic E-state index is 10.8. The highest BCUT2D eigenvalue weighted by Gasteiger charge is 2.10. The van der Waals surface area contributed by atoms with E-state index >= 15 is 0 Å². The van der Waals surface area contributed by atoms with Crippen molar-refractivity contribution in [1.82, 2.24) is 9.97 Å². The molecule has 0 spiro atoms. The fourth-order valence-corrected chi connectivity index (χ4v) is 0.712. The zero-order valence-corrected chi connectivity index (χ0v) is 6.78. The van der Waals surface area contributed by atoms with Crippen LogP contribution in [0.4, 0.5) is 0 Å². The number of carbonyl (C=O) groups excluding carboxylic acids is 1. The molecule has 1 aromatic rings. The fourth-order valence-electron chi connectivity index (χ4n) is 0.619. The third-order valence-electron chi connectivity index (χ3n) is 1.23. The van der Waals surface area contributed by atoms with Gasteiger partial charge in [0.1, 0.15) is 18.2 Å². The quantitative estimate of drug-likeness (QED) is 0.648. The minimum atomic E-state index is -0.702. The lowest BCUT2D eigenvalue weighted by Gasteiger charge is -1.98. The summed E-state index contributed by atoms with van der Waals surface area (Å²) in [5.41, 5.74) is 0.619. The first-order valence-corrected chi connectivity index (χ1v) is 3.33. The van der Waals surface area contributed by atoms with Crippen molar-refractivity contribution in [1.29, 1.82) is 0 Å². The van der Waals surface area contributed by atoms with E-state index in [9.17, 15) is 4.79 Å². The van der Waals surface area contributed by atoms with E-state index in [2.05, 4.69) is 20.8 Å². The zero-order valence-electron chi connectivity index (χ0n) is 6.03. The van der Waals surface area contributed by atoms with Crippen molar-refractivity contribution >= 4 is 23.4 Å². The smallest absolute Gasteiger partial charge is 0.343 e. The zero-order chi connectivity index (χ0) is 8.97. The van der Waals surface area contributed by atoms with Crippen molar-refractivity contribution in [2.75, 3.05) is 0 Å². The lowest BCUT2D eigenvalue weighted by atomic mass is 10.2. The Morgan fingerprint density at radius 3 is 2.58 bits per heavy atom. The summed E-state index contributed by atoms with van der Waals surface area (Å²) in [5.74, 6) is -0.702. The Morgan fingerprint density at radius 1 is 1.50 bits per heavy atom. The van der Waals surface area contributed by atoms with Crippen molar-refractivity contribution in [3.05, 3.63) is 30.9 Å². The molecule has 1 aromatic heterocycles. The molecule has 0 atom stereocenters. The van der Waals surface area contributed by atoms with E-state index in [4.69, 9.17) is 11.9 Å². The standard InChI is InChI=1S/C7H5ClN2O2/c1-5(7(11)12-8)6-2-9-4-10-3-6/h2-4H,1H2. The van der Waals surface area contributed by atoms with Crippen LogP contribution in [0.25, 0.3) is 5.57 Å². The minimum Gasteiger partial charge on any atom is -0.343 e. The molecule has 0 amide bonds. The molecule has 0 radical (unpaired) electrons. The number of hydrogen-bond donors (Lipinski definition) is 0. The van der Waals surface area contributed by atoms with Crippen LogP contribution in [-0.2, 0) is 9.08 Å². The Labute approximate surface area is 74.0 Å². The second-order valence-electron chi connectivity index (χ2n) is 1.97. The second-order valence-corrected chi connectivity index (χ2v) is 2.12. The van der Waals surface area contributed by atoms with Crippen LogP contribution >= 0.6 is 11.9 Å². The molecule has 0 N–H and O–H groups in total. The van der Waals surface area contributed by atoms with Gasteiger partial charge in [0.2, 0.25) is 0 Å². The molecule has 0 aliphatic rings. The number of hydrogen-bond acceptors (Lipinski definition) is 4. The molecule has 0 fully saturated rings. The van der Waals surface area contributed by atoms with Gasteiger partial charge < -0.3 is 4.29 Å². The molecule has 0 saturated heterocycles. The van der Waals surface area contributed by atoms with E-state index < -0.39 is 5.97 Å². The van der Waals surface area contributed by atoms with Crippen LogP contribution in [0.3, 0.4) is 0 Å². The Kier molecular flexibility index (Phi) is 2.76. The summed E-state index contributed by atoms with van der Waals surface area (Å²) in [6.07, 6.45) is 4.25. The number of halogens is 1. The molecule has 12 heavy (non-hydrogen) atoms. The van der Waals surface area contributed by atoms with Crippen LogP contribution in [0.1, 0.15) is 5.56 Å². The normalized spacial score (nSPS) is 9.08. The third kappa shape index (κ3) is 1.79. The summed E-state index contributed by atoms with van der Waals surface area (Å²) in [7, 11) is 0. The predicted molar refractivity (Wildman–Crippen MR) is 43.0 cm³/mol. The molecule has 0 aliphatic heterocycles. The third-order valence-corrected chi connectivity index (χ3v) is 1.37. The summed E-state index contributed by atoms with van der Waals surface area (Å²) >= 11 is 4.85. The van der Waals surface area contributed by atoms with Crippen molar-refractivity contribution < 1.29 is 9.08 Å². The first-order chi connectivity index (χ1) is 5.75. The van der Waals surface area contributed by atoms with Gasteiger partial charge in [-0.25, -0.2) is 14.8 Å². The minimum absolute atomic E-state index is 0.130. The van der Waals surface area contributed by atoms with Crippen molar-refractivity contribution in [2.24, 2.45) is 0 Å². The van der Waals surface area contributed by atoms with E-state index in [1.165, 1.54) is 18.7 Å². The molecule has 5 heteroatoms. The lowest BCUT2D eigenvalue weighted by molar-refractivity contribution is -0.127. The van der Waals surface area contributed by atoms with Gasteiger partial charge in [-0.2, -0.15) is 0 Å². The van der Waals surface area contributed by atoms with Gasteiger partial charge in [0, 0.05) is 18.0 Å². The Hall–Kier alpha value is -1.42. The van der Waals surface area contributed by atoms with E-state index in [1.807, 2.05) is 0 Å². The summed E-state index contributed by atoms with van der Waals surface area (Å²) in [4.78, 5) is 18.2. The molecule has 1 heterocycles. The summed E-state index contributed by atoms with van der Waals surface area (Å²) in [6.45, 7) is 3.46. The van der Waals surface area contributed by atoms with Crippen LogP contribution < -0.4 is 0 Å². The largest absolute Gasteiger partial charge is 0.356 e. The molecule has 4 nitrogen and oxygen atoms in total. The first-order valence-electron chi connectivity index (χ1n) is 3.03. The SMILES string of the molecule is C=C(C(=O)OCl)c1cncnc1.